The van der Waals surface area contributed by atoms with Crippen molar-refractivity contribution < 1.29 is 14.3 Å². The van der Waals surface area contributed by atoms with Crippen LogP contribution < -0.4 is 16.4 Å². The van der Waals surface area contributed by atoms with Crippen LogP contribution in [0, 0.1) is 0 Å². The number of anilines is 2. The van der Waals surface area contributed by atoms with Crippen molar-refractivity contribution in [2.45, 2.75) is 26.3 Å². The summed E-state index contributed by atoms with van der Waals surface area (Å²) in [5.41, 5.74) is 5.82. The molecule has 0 unspecified atom stereocenters. The van der Waals surface area contributed by atoms with Gasteiger partial charge in [-0.25, -0.2) is 4.79 Å². The smallest absolute Gasteiger partial charge is 0.408 e. The van der Waals surface area contributed by atoms with Crippen molar-refractivity contribution in [3.63, 3.8) is 0 Å². The van der Waals surface area contributed by atoms with Gasteiger partial charge in [0.2, 0.25) is 0 Å². The number of nitrogens with two attached hydrogens (primary N) is 1. The van der Waals surface area contributed by atoms with Crippen LogP contribution in [-0.4, -0.2) is 24.1 Å². The van der Waals surface area contributed by atoms with Gasteiger partial charge >= 0.3 is 6.09 Å². The molecule has 8 heteroatoms. The Morgan fingerprint density at radius 3 is 2.38 bits per heavy atom. The van der Waals surface area contributed by atoms with Gasteiger partial charge in [0, 0.05) is 5.54 Å². The van der Waals surface area contributed by atoms with Gasteiger partial charge in [-0.3, -0.25) is 4.79 Å². The Bertz CT molecular complexity index is 556. The molecule has 0 bridgehead atoms. The molecule has 116 valence electrons. The lowest BCUT2D eigenvalue weighted by atomic mass is 10.1. The van der Waals surface area contributed by atoms with Crippen LogP contribution in [0.1, 0.15) is 20.8 Å². The number of halogens is 2. The van der Waals surface area contributed by atoms with Crippen LogP contribution in [0.15, 0.2) is 12.1 Å². The Kier molecular flexibility index (Phi) is 5.69. The number of hydrogen-bond donors (Lipinski definition) is 3. The van der Waals surface area contributed by atoms with Crippen molar-refractivity contribution in [1.29, 1.82) is 0 Å². The summed E-state index contributed by atoms with van der Waals surface area (Å²) in [6.07, 6.45) is -0.681. The van der Waals surface area contributed by atoms with Crippen molar-refractivity contribution in [2.24, 2.45) is 0 Å². The first-order valence-electron chi connectivity index (χ1n) is 6.08. The molecule has 0 saturated heterocycles. The van der Waals surface area contributed by atoms with Crippen LogP contribution in [0.5, 0.6) is 0 Å². The first-order chi connectivity index (χ1) is 9.58. The van der Waals surface area contributed by atoms with E-state index in [0.29, 0.717) is 5.69 Å². The molecule has 21 heavy (non-hydrogen) atoms. The SMILES string of the molecule is CC(C)(C)NC(=O)OCC(=O)Nc1cc(Cl)c(Cl)cc1N. The van der Waals surface area contributed by atoms with Gasteiger partial charge < -0.3 is 21.1 Å². The number of carbonyl (C=O) groups is 2. The molecule has 0 fully saturated rings. The molecule has 0 spiro atoms. The minimum absolute atomic E-state index is 0.257. The molecule has 2 amide bonds. The molecule has 6 nitrogen and oxygen atoms in total. The average molecular weight is 334 g/mol. The van der Waals surface area contributed by atoms with E-state index in [1.165, 1.54) is 12.1 Å². The number of rotatable bonds is 3. The predicted octanol–water partition coefficient (Wildman–Crippen LogP) is 3.04. The van der Waals surface area contributed by atoms with Gasteiger partial charge in [0.25, 0.3) is 5.91 Å². The quantitative estimate of drug-likeness (QED) is 0.741. The van der Waals surface area contributed by atoms with E-state index in [4.69, 9.17) is 33.7 Å². The lowest BCUT2D eigenvalue weighted by Crippen LogP contribution is -2.41. The van der Waals surface area contributed by atoms with Crippen LogP contribution in [0.4, 0.5) is 16.2 Å². The zero-order valence-electron chi connectivity index (χ0n) is 11.9. The Hall–Kier alpha value is -1.66. The van der Waals surface area contributed by atoms with Gasteiger partial charge in [-0.05, 0) is 32.9 Å². The molecule has 0 radical (unpaired) electrons. The van der Waals surface area contributed by atoms with Crippen LogP contribution in [0.3, 0.4) is 0 Å². The van der Waals surface area contributed by atoms with E-state index in [1.54, 1.807) is 20.8 Å². The van der Waals surface area contributed by atoms with Gasteiger partial charge in [0.05, 0.1) is 21.4 Å². The molecular weight excluding hydrogens is 317 g/mol. The third-order valence-corrected chi connectivity index (χ3v) is 2.90. The van der Waals surface area contributed by atoms with Crippen LogP contribution >= 0.6 is 23.2 Å². The molecule has 0 heterocycles. The van der Waals surface area contributed by atoms with E-state index in [0.717, 1.165) is 0 Å². The van der Waals surface area contributed by atoms with Gasteiger partial charge in [-0.15, -0.1) is 0 Å². The van der Waals surface area contributed by atoms with Gasteiger partial charge in [0.15, 0.2) is 6.61 Å². The van der Waals surface area contributed by atoms with Crippen LogP contribution in [0.2, 0.25) is 10.0 Å². The Morgan fingerprint density at radius 1 is 1.24 bits per heavy atom. The molecule has 1 aromatic rings. The van der Waals surface area contributed by atoms with Crippen molar-refractivity contribution >= 4 is 46.6 Å². The zero-order valence-corrected chi connectivity index (χ0v) is 13.4. The highest BCUT2D eigenvalue weighted by Crippen LogP contribution is 2.30. The summed E-state index contributed by atoms with van der Waals surface area (Å²) >= 11 is 11.6. The maximum absolute atomic E-state index is 11.7. The normalized spacial score (nSPS) is 10.9. The average Bonchev–Trinajstić information content (AvgIpc) is 2.31. The second-order valence-electron chi connectivity index (χ2n) is 5.35. The Balaban J connectivity index is 2.55. The minimum Gasteiger partial charge on any atom is -0.439 e. The number of ether oxygens (including phenoxy) is 1. The summed E-state index contributed by atoms with van der Waals surface area (Å²) in [6, 6.07) is 2.85. The fourth-order valence-corrected chi connectivity index (χ4v) is 1.67. The monoisotopic (exact) mass is 333 g/mol. The molecule has 1 rings (SSSR count). The molecule has 0 aromatic heterocycles. The highest BCUT2D eigenvalue weighted by atomic mass is 35.5. The zero-order chi connectivity index (χ0) is 16.2. The first-order valence-corrected chi connectivity index (χ1v) is 6.83. The summed E-state index contributed by atoms with van der Waals surface area (Å²) in [5, 5.41) is 5.59. The van der Waals surface area contributed by atoms with Gasteiger partial charge in [-0.2, -0.15) is 0 Å². The second kappa shape index (κ2) is 6.87. The van der Waals surface area contributed by atoms with E-state index in [2.05, 4.69) is 10.6 Å². The highest BCUT2D eigenvalue weighted by Gasteiger charge is 2.16. The molecular formula is C13H17Cl2N3O3. The van der Waals surface area contributed by atoms with E-state index < -0.39 is 24.1 Å². The Labute approximate surface area is 132 Å². The lowest BCUT2D eigenvalue weighted by molar-refractivity contribution is -0.119. The molecule has 4 N–H and O–H groups in total. The maximum atomic E-state index is 11.7. The molecule has 1 aromatic carbocycles. The predicted molar refractivity (Wildman–Crippen MR) is 83.7 cm³/mol. The van der Waals surface area contributed by atoms with Gasteiger partial charge in [0.1, 0.15) is 0 Å². The first kappa shape index (κ1) is 17.4. The number of alkyl carbamates (subject to hydrolysis) is 1. The topological polar surface area (TPSA) is 93.4 Å². The summed E-state index contributed by atoms with van der Waals surface area (Å²) in [7, 11) is 0. The Morgan fingerprint density at radius 2 is 1.81 bits per heavy atom. The molecule has 0 atom stereocenters. The molecule has 0 saturated carbocycles. The van der Waals surface area contributed by atoms with Gasteiger partial charge in [-0.1, -0.05) is 23.2 Å². The molecule has 0 aliphatic heterocycles. The third-order valence-electron chi connectivity index (χ3n) is 2.18. The van der Waals surface area contributed by atoms with Crippen molar-refractivity contribution in [1.82, 2.24) is 5.32 Å². The van der Waals surface area contributed by atoms with E-state index in [1.807, 2.05) is 0 Å². The lowest BCUT2D eigenvalue weighted by Gasteiger charge is -2.19. The highest BCUT2D eigenvalue weighted by molar-refractivity contribution is 6.42. The fourth-order valence-electron chi connectivity index (χ4n) is 1.33. The summed E-state index contributed by atoms with van der Waals surface area (Å²) in [4.78, 5) is 23.1. The molecule has 0 aliphatic rings. The third kappa shape index (κ3) is 6.10. The van der Waals surface area contributed by atoms with E-state index in [-0.39, 0.29) is 15.7 Å². The molecule has 0 aliphatic carbocycles. The van der Waals surface area contributed by atoms with E-state index in [9.17, 15) is 9.59 Å². The summed E-state index contributed by atoms with van der Waals surface area (Å²) in [5.74, 6) is -0.538. The largest absolute Gasteiger partial charge is 0.439 e. The van der Waals surface area contributed by atoms with Crippen LogP contribution in [-0.2, 0) is 9.53 Å². The van der Waals surface area contributed by atoms with Crippen molar-refractivity contribution in [2.75, 3.05) is 17.7 Å². The number of nitrogens with one attached hydrogen (secondary N) is 2. The van der Waals surface area contributed by atoms with Crippen molar-refractivity contribution in [3.8, 4) is 0 Å². The number of hydrogen-bond acceptors (Lipinski definition) is 4. The standard InChI is InChI=1S/C13H17Cl2N3O3/c1-13(2,3)18-12(20)21-6-11(19)17-10-5-8(15)7(14)4-9(10)16/h4-5H,6,16H2,1-3H3,(H,17,19)(H,18,20). The number of benzene rings is 1. The minimum atomic E-state index is -0.681. The number of amides is 2. The summed E-state index contributed by atoms with van der Waals surface area (Å²) in [6.45, 7) is 4.95. The summed E-state index contributed by atoms with van der Waals surface area (Å²) < 4.78 is 4.78. The maximum Gasteiger partial charge on any atom is 0.408 e. The van der Waals surface area contributed by atoms with Crippen LogP contribution in [0.25, 0.3) is 0 Å². The number of carbonyl (C=O) groups excluding carboxylic acids is 2. The number of nitrogen functional groups attached to an aromatic ring is 1. The van der Waals surface area contributed by atoms with Crippen molar-refractivity contribution in [3.05, 3.63) is 22.2 Å². The fraction of sp³-hybridized carbons (Fsp3) is 0.385. The second-order valence-corrected chi connectivity index (χ2v) is 6.17. The van der Waals surface area contributed by atoms with E-state index >= 15 is 0 Å².